The van der Waals surface area contributed by atoms with Crippen LogP contribution in [0.5, 0.6) is 11.5 Å². The average Bonchev–Trinajstić information content (AvgIpc) is 3.19. The second-order valence-corrected chi connectivity index (χ2v) is 7.79. The number of halogens is 1. The summed E-state index contributed by atoms with van der Waals surface area (Å²) < 4.78 is 25.6. The lowest BCUT2D eigenvalue weighted by Crippen LogP contribution is -2.38. The Morgan fingerprint density at radius 2 is 1.81 bits per heavy atom. The Morgan fingerprint density at radius 1 is 1.12 bits per heavy atom. The first-order chi connectivity index (χ1) is 15.5. The molecule has 1 amide bonds. The number of methoxy groups -OCH3 is 2. The number of carbonyl (C=O) groups is 1. The highest BCUT2D eigenvalue weighted by Crippen LogP contribution is 2.33. The van der Waals surface area contributed by atoms with Gasteiger partial charge in [-0.15, -0.1) is 0 Å². The van der Waals surface area contributed by atoms with Crippen molar-refractivity contribution in [3.8, 4) is 17.2 Å². The molecule has 0 saturated carbocycles. The molecule has 168 valence electrons. The van der Waals surface area contributed by atoms with Crippen LogP contribution in [0, 0.1) is 12.7 Å². The predicted molar refractivity (Wildman–Crippen MR) is 119 cm³/mol. The van der Waals surface area contributed by atoms with Gasteiger partial charge in [-0.1, -0.05) is 0 Å². The Labute approximate surface area is 186 Å². The van der Waals surface area contributed by atoms with E-state index in [9.17, 15) is 9.18 Å². The van der Waals surface area contributed by atoms with Gasteiger partial charge >= 0.3 is 0 Å². The molecule has 0 bridgehead atoms. The highest BCUT2D eigenvalue weighted by atomic mass is 19.1. The lowest BCUT2D eigenvalue weighted by atomic mass is 9.99. The van der Waals surface area contributed by atoms with Gasteiger partial charge in [-0.25, -0.2) is 9.07 Å². The number of fused-ring (bicyclic) bond motifs is 1. The van der Waals surface area contributed by atoms with Crippen molar-refractivity contribution >= 4 is 5.91 Å². The highest BCUT2D eigenvalue weighted by Gasteiger charge is 2.20. The van der Waals surface area contributed by atoms with Gasteiger partial charge in [-0.3, -0.25) is 9.69 Å². The van der Waals surface area contributed by atoms with E-state index in [0.29, 0.717) is 23.5 Å². The van der Waals surface area contributed by atoms with Crippen molar-refractivity contribution in [2.45, 2.75) is 19.9 Å². The van der Waals surface area contributed by atoms with Crippen LogP contribution < -0.4 is 14.8 Å². The standard InChI is InChI=1S/C24H27FN4O3/c1-16-21(14-27-29(16)20-6-4-19(25)5-7-20)24(30)26-9-11-28-10-8-17-12-22(31-2)23(32-3)13-18(17)15-28/h4-7,12-14H,8-11,15H2,1-3H3,(H,26,30). The average molecular weight is 439 g/mol. The fraction of sp³-hybridized carbons (Fsp3) is 0.333. The molecule has 8 heteroatoms. The lowest BCUT2D eigenvalue weighted by molar-refractivity contribution is 0.0946. The molecule has 0 spiro atoms. The molecular formula is C24H27FN4O3. The van der Waals surface area contributed by atoms with E-state index < -0.39 is 0 Å². The first kappa shape index (κ1) is 21.8. The van der Waals surface area contributed by atoms with E-state index in [1.165, 1.54) is 23.3 Å². The van der Waals surface area contributed by atoms with Gasteiger partial charge in [0.15, 0.2) is 11.5 Å². The molecular weight excluding hydrogens is 411 g/mol. The van der Waals surface area contributed by atoms with Gasteiger partial charge in [-0.05, 0) is 60.9 Å². The third-order valence-electron chi connectivity index (χ3n) is 5.84. The van der Waals surface area contributed by atoms with Crippen LogP contribution in [0.4, 0.5) is 4.39 Å². The minimum Gasteiger partial charge on any atom is -0.493 e. The maximum absolute atomic E-state index is 13.2. The summed E-state index contributed by atoms with van der Waals surface area (Å²) in [5.74, 6) is 1.01. The summed E-state index contributed by atoms with van der Waals surface area (Å²) in [7, 11) is 3.29. The monoisotopic (exact) mass is 438 g/mol. The van der Waals surface area contributed by atoms with E-state index in [1.54, 1.807) is 37.2 Å². The number of ether oxygens (including phenoxy) is 2. The summed E-state index contributed by atoms with van der Waals surface area (Å²) >= 11 is 0. The summed E-state index contributed by atoms with van der Waals surface area (Å²) in [5, 5.41) is 7.28. The molecule has 0 radical (unpaired) electrons. The Bertz CT molecular complexity index is 1110. The van der Waals surface area contributed by atoms with Crippen LogP contribution in [-0.2, 0) is 13.0 Å². The molecule has 0 saturated heterocycles. The van der Waals surface area contributed by atoms with Crippen molar-refractivity contribution in [3.63, 3.8) is 0 Å². The first-order valence-electron chi connectivity index (χ1n) is 10.5. The number of nitrogens with one attached hydrogen (secondary N) is 1. The van der Waals surface area contributed by atoms with Gasteiger partial charge in [0.1, 0.15) is 5.82 Å². The molecule has 7 nitrogen and oxygen atoms in total. The molecule has 0 fully saturated rings. The third-order valence-corrected chi connectivity index (χ3v) is 5.84. The van der Waals surface area contributed by atoms with Gasteiger partial charge in [0, 0.05) is 26.2 Å². The zero-order valence-corrected chi connectivity index (χ0v) is 18.5. The van der Waals surface area contributed by atoms with Crippen LogP contribution in [0.2, 0.25) is 0 Å². The van der Waals surface area contributed by atoms with Gasteiger partial charge in [-0.2, -0.15) is 5.10 Å². The van der Waals surface area contributed by atoms with E-state index in [1.807, 2.05) is 13.0 Å². The summed E-state index contributed by atoms with van der Waals surface area (Å²) in [4.78, 5) is 15.0. The fourth-order valence-corrected chi connectivity index (χ4v) is 4.03. The summed E-state index contributed by atoms with van der Waals surface area (Å²) in [6, 6.07) is 10.1. The molecule has 1 N–H and O–H groups in total. The molecule has 0 unspecified atom stereocenters. The van der Waals surface area contributed by atoms with Crippen molar-refractivity contribution in [1.29, 1.82) is 0 Å². The lowest BCUT2D eigenvalue weighted by Gasteiger charge is -2.29. The summed E-state index contributed by atoms with van der Waals surface area (Å²) in [5.41, 5.74) is 4.42. The van der Waals surface area contributed by atoms with Crippen LogP contribution >= 0.6 is 0 Å². The second-order valence-electron chi connectivity index (χ2n) is 7.79. The van der Waals surface area contributed by atoms with Crippen molar-refractivity contribution in [3.05, 3.63) is 70.8 Å². The Hall–Kier alpha value is -3.39. The molecule has 1 aliphatic rings. The van der Waals surface area contributed by atoms with Crippen molar-refractivity contribution < 1.29 is 18.7 Å². The van der Waals surface area contributed by atoms with Crippen molar-refractivity contribution in [2.75, 3.05) is 33.9 Å². The van der Waals surface area contributed by atoms with Gasteiger partial charge < -0.3 is 14.8 Å². The molecule has 1 aromatic heterocycles. The van der Waals surface area contributed by atoms with E-state index in [0.717, 1.165) is 37.6 Å². The Kier molecular flexibility index (Phi) is 6.41. The first-order valence-corrected chi connectivity index (χ1v) is 10.5. The fourth-order valence-electron chi connectivity index (χ4n) is 4.03. The number of nitrogens with zero attached hydrogens (tertiary/aromatic N) is 3. The third kappa shape index (κ3) is 4.45. The van der Waals surface area contributed by atoms with Gasteiger partial charge in [0.2, 0.25) is 0 Å². The Balaban J connectivity index is 1.34. The second kappa shape index (κ2) is 9.40. The van der Waals surface area contributed by atoms with Crippen LogP contribution in [0.3, 0.4) is 0 Å². The molecule has 1 aliphatic heterocycles. The van der Waals surface area contributed by atoms with E-state index in [2.05, 4.69) is 21.4 Å². The van der Waals surface area contributed by atoms with Crippen molar-refractivity contribution in [1.82, 2.24) is 20.0 Å². The number of hydrogen-bond acceptors (Lipinski definition) is 5. The highest BCUT2D eigenvalue weighted by molar-refractivity contribution is 5.95. The molecule has 2 heterocycles. The van der Waals surface area contributed by atoms with Crippen LogP contribution in [0.1, 0.15) is 27.2 Å². The Morgan fingerprint density at radius 3 is 2.50 bits per heavy atom. The molecule has 3 aromatic rings. The van der Waals surface area contributed by atoms with E-state index in [4.69, 9.17) is 9.47 Å². The topological polar surface area (TPSA) is 68.6 Å². The molecule has 32 heavy (non-hydrogen) atoms. The molecule has 0 atom stereocenters. The minimum absolute atomic E-state index is 0.167. The van der Waals surface area contributed by atoms with Crippen molar-refractivity contribution in [2.24, 2.45) is 0 Å². The summed E-state index contributed by atoms with van der Waals surface area (Å²) in [6.45, 7) is 4.81. The number of hydrogen-bond donors (Lipinski definition) is 1. The number of benzene rings is 2. The number of carbonyl (C=O) groups excluding carboxylic acids is 1. The normalized spacial score (nSPS) is 13.5. The maximum atomic E-state index is 13.2. The van der Waals surface area contributed by atoms with E-state index in [-0.39, 0.29) is 11.7 Å². The smallest absolute Gasteiger partial charge is 0.254 e. The number of aromatic nitrogens is 2. The minimum atomic E-state index is -0.311. The zero-order valence-electron chi connectivity index (χ0n) is 18.5. The SMILES string of the molecule is COc1cc2c(cc1OC)CN(CCNC(=O)c1cnn(-c3ccc(F)cc3)c1C)CC2. The maximum Gasteiger partial charge on any atom is 0.254 e. The molecule has 4 rings (SSSR count). The van der Waals surface area contributed by atoms with E-state index >= 15 is 0 Å². The van der Waals surface area contributed by atoms with Crippen LogP contribution in [0.25, 0.3) is 5.69 Å². The van der Waals surface area contributed by atoms with Crippen LogP contribution in [-0.4, -0.2) is 54.4 Å². The van der Waals surface area contributed by atoms with Gasteiger partial charge in [0.05, 0.1) is 37.4 Å². The van der Waals surface area contributed by atoms with Crippen LogP contribution in [0.15, 0.2) is 42.6 Å². The molecule has 2 aromatic carbocycles. The number of rotatable bonds is 7. The summed E-state index contributed by atoms with van der Waals surface area (Å²) in [6.07, 6.45) is 2.47. The number of amides is 1. The van der Waals surface area contributed by atoms with Gasteiger partial charge in [0.25, 0.3) is 5.91 Å². The zero-order chi connectivity index (χ0) is 22.7. The largest absolute Gasteiger partial charge is 0.493 e. The predicted octanol–water partition coefficient (Wildman–Crippen LogP) is 3.13. The quantitative estimate of drug-likeness (QED) is 0.614. The molecule has 0 aliphatic carbocycles.